The maximum atomic E-state index is 12.7. The molecular formula is C14H18BrF3N2O. The number of halogens is 4. The highest BCUT2D eigenvalue weighted by Crippen LogP contribution is 2.41. The van der Waals surface area contributed by atoms with E-state index in [0.717, 1.165) is 5.69 Å². The summed E-state index contributed by atoms with van der Waals surface area (Å²) >= 11 is 3.61. The Morgan fingerprint density at radius 1 is 1.29 bits per heavy atom. The molecule has 3 nitrogen and oxygen atoms in total. The van der Waals surface area contributed by atoms with Crippen LogP contribution in [-0.4, -0.2) is 28.1 Å². The molecule has 0 spiro atoms. The fraction of sp³-hybridized carbons (Fsp3) is 0.714. The van der Waals surface area contributed by atoms with Crippen LogP contribution < -0.4 is 4.74 Å². The van der Waals surface area contributed by atoms with E-state index >= 15 is 0 Å². The van der Waals surface area contributed by atoms with E-state index in [0.29, 0.717) is 25.1 Å². The predicted molar refractivity (Wildman–Crippen MR) is 76.5 cm³/mol. The zero-order valence-corrected chi connectivity index (χ0v) is 13.3. The summed E-state index contributed by atoms with van der Waals surface area (Å²) < 4.78 is 43.0. The third kappa shape index (κ3) is 4.56. The highest BCUT2D eigenvalue weighted by molar-refractivity contribution is 9.09. The Hall–Kier alpha value is -0.850. The van der Waals surface area contributed by atoms with Crippen molar-refractivity contribution in [2.24, 2.45) is 11.8 Å². The van der Waals surface area contributed by atoms with E-state index in [1.54, 1.807) is 6.07 Å². The first-order valence-corrected chi connectivity index (χ1v) is 7.87. The number of aromatic nitrogens is 2. The van der Waals surface area contributed by atoms with Crippen LogP contribution >= 0.6 is 15.9 Å². The molecule has 0 N–H and O–H groups in total. The molecule has 1 unspecified atom stereocenters. The normalized spacial score (nSPS) is 24.6. The monoisotopic (exact) mass is 366 g/mol. The lowest BCUT2D eigenvalue weighted by Crippen LogP contribution is -2.31. The Kier molecular flexibility index (Phi) is 5.46. The molecule has 0 aromatic carbocycles. The SMILES string of the molecule is COc1cc(CC(Br)C2CCC(C(F)(F)F)CC2)ncn1. The summed E-state index contributed by atoms with van der Waals surface area (Å²) in [6.07, 6.45) is -0.293. The van der Waals surface area contributed by atoms with Gasteiger partial charge in [0.2, 0.25) is 5.88 Å². The van der Waals surface area contributed by atoms with Crippen molar-refractivity contribution in [3.63, 3.8) is 0 Å². The average molecular weight is 367 g/mol. The van der Waals surface area contributed by atoms with Gasteiger partial charge in [-0.2, -0.15) is 13.2 Å². The van der Waals surface area contributed by atoms with Crippen LogP contribution in [0.5, 0.6) is 5.88 Å². The van der Waals surface area contributed by atoms with Crippen molar-refractivity contribution >= 4 is 15.9 Å². The van der Waals surface area contributed by atoms with Crippen LogP contribution in [0.1, 0.15) is 31.4 Å². The third-order valence-corrected chi connectivity index (χ3v) is 5.13. The predicted octanol–water partition coefficient (Wildman–Crippen LogP) is 4.16. The summed E-state index contributed by atoms with van der Waals surface area (Å²) in [5.74, 6) is -0.377. The summed E-state index contributed by atoms with van der Waals surface area (Å²) in [5.41, 5.74) is 0.835. The smallest absolute Gasteiger partial charge is 0.391 e. The number of nitrogens with zero attached hydrogens (tertiary/aromatic N) is 2. The van der Waals surface area contributed by atoms with Crippen molar-refractivity contribution in [3.05, 3.63) is 18.1 Å². The van der Waals surface area contributed by atoms with Crippen LogP contribution in [0.4, 0.5) is 13.2 Å². The Balaban J connectivity index is 1.88. The van der Waals surface area contributed by atoms with Gasteiger partial charge in [0.1, 0.15) is 6.33 Å². The minimum absolute atomic E-state index is 0.131. The highest BCUT2D eigenvalue weighted by atomic mass is 79.9. The van der Waals surface area contributed by atoms with E-state index in [1.165, 1.54) is 13.4 Å². The van der Waals surface area contributed by atoms with Gasteiger partial charge in [-0.1, -0.05) is 15.9 Å². The molecule has 1 atom stereocenters. The van der Waals surface area contributed by atoms with Crippen LogP contribution in [0, 0.1) is 11.8 Å². The summed E-state index contributed by atoms with van der Waals surface area (Å²) in [6, 6.07) is 1.76. The molecule has 1 aromatic rings. The lowest BCUT2D eigenvalue weighted by Gasteiger charge is -2.32. The van der Waals surface area contributed by atoms with Crippen LogP contribution in [0.25, 0.3) is 0 Å². The van der Waals surface area contributed by atoms with Gasteiger partial charge in [-0.25, -0.2) is 9.97 Å². The van der Waals surface area contributed by atoms with E-state index in [4.69, 9.17) is 4.74 Å². The minimum Gasteiger partial charge on any atom is -0.481 e. The molecule has 0 amide bonds. The zero-order valence-electron chi connectivity index (χ0n) is 11.7. The second-order valence-corrected chi connectivity index (χ2v) is 6.60. The number of hydrogen-bond donors (Lipinski definition) is 0. The topological polar surface area (TPSA) is 35.0 Å². The standard InChI is InChI=1S/C14H18BrF3N2O/c1-21-13-7-11(19-8-20-13)6-12(15)9-2-4-10(5-3-9)14(16,17)18/h7-10,12H,2-6H2,1H3. The van der Waals surface area contributed by atoms with Crippen molar-refractivity contribution in [3.8, 4) is 5.88 Å². The highest BCUT2D eigenvalue weighted by Gasteiger charge is 2.42. The van der Waals surface area contributed by atoms with Gasteiger partial charge in [-0.15, -0.1) is 0 Å². The van der Waals surface area contributed by atoms with Crippen LogP contribution in [0.2, 0.25) is 0 Å². The maximum absolute atomic E-state index is 12.7. The van der Waals surface area contributed by atoms with E-state index in [9.17, 15) is 13.2 Å². The van der Waals surface area contributed by atoms with Gasteiger partial charge in [-0.3, -0.25) is 0 Å². The van der Waals surface area contributed by atoms with Gasteiger partial charge in [0.25, 0.3) is 0 Å². The first-order chi connectivity index (χ1) is 9.90. The van der Waals surface area contributed by atoms with Gasteiger partial charge in [0.05, 0.1) is 13.0 Å². The maximum Gasteiger partial charge on any atom is 0.391 e. The van der Waals surface area contributed by atoms with Crippen LogP contribution in [-0.2, 0) is 6.42 Å². The molecule has 1 aromatic heterocycles. The average Bonchev–Trinajstić information content (AvgIpc) is 2.46. The van der Waals surface area contributed by atoms with Crippen LogP contribution in [0.15, 0.2) is 12.4 Å². The second-order valence-electron chi connectivity index (χ2n) is 5.43. The number of ether oxygens (including phenoxy) is 1. The lowest BCUT2D eigenvalue weighted by atomic mass is 9.79. The number of rotatable bonds is 4. The molecule has 21 heavy (non-hydrogen) atoms. The molecule has 1 heterocycles. The summed E-state index contributed by atoms with van der Waals surface area (Å²) in [7, 11) is 1.54. The fourth-order valence-corrected chi connectivity index (χ4v) is 3.64. The molecule has 2 rings (SSSR count). The number of hydrogen-bond acceptors (Lipinski definition) is 3. The van der Waals surface area contributed by atoms with Gasteiger partial charge in [0, 0.05) is 23.0 Å². The molecule has 1 saturated carbocycles. The molecule has 1 fully saturated rings. The molecular weight excluding hydrogens is 349 g/mol. The van der Waals surface area contributed by atoms with E-state index < -0.39 is 12.1 Å². The van der Waals surface area contributed by atoms with E-state index in [1.807, 2.05) is 0 Å². The number of alkyl halides is 4. The Morgan fingerprint density at radius 2 is 1.95 bits per heavy atom. The fourth-order valence-electron chi connectivity index (χ4n) is 2.77. The number of methoxy groups -OCH3 is 1. The molecule has 0 saturated heterocycles. The molecule has 0 bridgehead atoms. The molecule has 7 heteroatoms. The van der Waals surface area contributed by atoms with Crippen molar-refractivity contribution in [1.29, 1.82) is 0 Å². The first-order valence-electron chi connectivity index (χ1n) is 6.96. The van der Waals surface area contributed by atoms with Crippen molar-refractivity contribution < 1.29 is 17.9 Å². The minimum atomic E-state index is -4.05. The summed E-state index contributed by atoms with van der Waals surface area (Å²) in [5, 5.41) is 0. The third-order valence-electron chi connectivity index (χ3n) is 4.06. The van der Waals surface area contributed by atoms with Gasteiger partial charge < -0.3 is 4.74 Å². The molecule has 118 valence electrons. The quantitative estimate of drug-likeness (QED) is 0.750. The second kappa shape index (κ2) is 6.94. The molecule has 0 radical (unpaired) electrons. The van der Waals surface area contributed by atoms with Crippen molar-refractivity contribution in [1.82, 2.24) is 9.97 Å². The molecule has 0 aliphatic heterocycles. The summed E-state index contributed by atoms with van der Waals surface area (Å²) in [4.78, 5) is 8.25. The van der Waals surface area contributed by atoms with Gasteiger partial charge in [0.15, 0.2) is 0 Å². The van der Waals surface area contributed by atoms with E-state index in [-0.39, 0.29) is 23.6 Å². The Labute approximate surface area is 130 Å². The van der Waals surface area contributed by atoms with Crippen molar-refractivity contribution in [2.75, 3.05) is 7.11 Å². The first kappa shape index (κ1) is 16.5. The van der Waals surface area contributed by atoms with E-state index in [2.05, 4.69) is 25.9 Å². The van der Waals surface area contributed by atoms with Crippen molar-refractivity contribution in [2.45, 2.75) is 43.1 Å². The van der Waals surface area contributed by atoms with Gasteiger partial charge in [-0.05, 0) is 31.6 Å². The largest absolute Gasteiger partial charge is 0.481 e. The zero-order chi connectivity index (χ0) is 15.5. The van der Waals surface area contributed by atoms with Crippen LogP contribution in [0.3, 0.4) is 0 Å². The molecule has 1 aliphatic rings. The Bertz CT molecular complexity index is 462. The molecule has 1 aliphatic carbocycles. The summed E-state index contributed by atoms with van der Waals surface area (Å²) in [6.45, 7) is 0. The lowest BCUT2D eigenvalue weighted by molar-refractivity contribution is -0.183. The van der Waals surface area contributed by atoms with Gasteiger partial charge >= 0.3 is 6.18 Å². The Morgan fingerprint density at radius 3 is 2.52 bits per heavy atom.